The predicted molar refractivity (Wildman–Crippen MR) is 40.0 cm³/mol. The second kappa shape index (κ2) is 2.92. The van der Waals surface area contributed by atoms with Gasteiger partial charge in [-0.25, -0.2) is 0 Å². The van der Waals surface area contributed by atoms with Crippen LogP contribution >= 0.6 is 0 Å². The Labute approximate surface area is 54.7 Å². The van der Waals surface area contributed by atoms with Gasteiger partial charge in [-0.05, 0) is 11.6 Å². The van der Waals surface area contributed by atoms with Gasteiger partial charge in [-0.3, -0.25) is 0 Å². The number of aromatic amines is 1. The molecule has 1 aromatic heterocycles. The first kappa shape index (κ1) is 5.89. The molecule has 1 heterocycles. The highest BCUT2D eigenvalue weighted by Gasteiger charge is 1.79. The quantitative estimate of drug-likeness (QED) is 0.574. The maximum atomic E-state index is 3.56. The van der Waals surface area contributed by atoms with Gasteiger partial charge in [0.05, 0.1) is 0 Å². The number of allylic oxidation sites excluding steroid dienone is 2. The molecule has 0 unspecified atom stereocenters. The Morgan fingerprint density at radius 3 is 3.00 bits per heavy atom. The van der Waals surface area contributed by atoms with E-state index in [1.165, 1.54) is 5.56 Å². The number of aromatic nitrogens is 1. The van der Waals surface area contributed by atoms with Gasteiger partial charge in [0.1, 0.15) is 0 Å². The zero-order chi connectivity index (χ0) is 6.53. The van der Waals surface area contributed by atoms with Crippen molar-refractivity contribution >= 4 is 6.08 Å². The zero-order valence-corrected chi connectivity index (χ0v) is 5.17. The molecule has 0 aliphatic heterocycles. The minimum absolute atomic E-state index is 1.18. The number of H-pyrrole nitrogens is 1. The van der Waals surface area contributed by atoms with E-state index < -0.39 is 0 Å². The molecular formula is C8H9N. The lowest BCUT2D eigenvalue weighted by molar-refractivity contribution is 1.41. The van der Waals surface area contributed by atoms with E-state index in [1.807, 2.05) is 30.6 Å². The lowest BCUT2D eigenvalue weighted by atomic mass is 10.3. The highest BCUT2D eigenvalue weighted by Crippen LogP contribution is 1.98. The van der Waals surface area contributed by atoms with Crippen molar-refractivity contribution in [2.75, 3.05) is 0 Å². The van der Waals surface area contributed by atoms with Crippen molar-refractivity contribution < 1.29 is 0 Å². The van der Waals surface area contributed by atoms with Gasteiger partial charge in [0, 0.05) is 12.4 Å². The molecule has 0 atom stereocenters. The highest BCUT2D eigenvalue weighted by atomic mass is 14.6. The van der Waals surface area contributed by atoms with E-state index >= 15 is 0 Å². The summed E-state index contributed by atoms with van der Waals surface area (Å²) in [6.07, 6.45) is 9.47. The van der Waals surface area contributed by atoms with Crippen molar-refractivity contribution in [2.24, 2.45) is 0 Å². The molecule has 0 amide bonds. The molecule has 0 bridgehead atoms. The molecule has 1 nitrogen and oxygen atoms in total. The molecule has 0 aliphatic rings. The van der Waals surface area contributed by atoms with E-state index in [9.17, 15) is 0 Å². The van der Waals surface area contributed by atoms with E-state index in [0.717, 1.165) is 0 Å². The summed E-state index contributed by atoms with van der Waals surface area (Å²) >= 11 is 0. The van der Waals surface area contributed by atoms with Crippen LogP contribution in [0.15, 0.2) is 37.2 Å². The van der Waals surface area contributed by atoms with E-state index in [1.54, 1.807) is 6.08 Å². The SMILES string of the molecule is C=C/C=C/c1cc[nH]c1. The molecule has 0 radical (unpaired) electrons. The largest absolute Gasteiger partial charge is 0.367 e. The smallest absolute Gasteiger partial charge is 0.00781 e. The van der Waals surface area contributed by atoms with Gasteiger partial charge in [0.25, 0.3) is 0 Å². The maximum absolute atomic E-state index is 3.56. The molecule has 0 spiro atoms. The number of nitrogens with one attached hydrogen (secondary N) is 1. The van der Waals surface area contributed by atoms with Crippen LogP contribution in [-0.2, 0) is 0 Å². The summed E-state index contributed by atoms with van der Waals surface area (Å²) in [4.78, 5) is 2.95. The lowest BCUT2D eigenvalue weighted by Gasteiger charge is -1.76. The van der Waals surface area contributed by atoms with Crippen molar-refractivity contribution in [1.29, 1.82) is 0 Å². The molecule has 0 aliphatic carbocycles. The Hall–Kier alpha value is -1.24. The Morgan fingerprint density at radius 1 is 1.56 bits per heavy atom. The fourth-order valence-electron chi connectivity index (χ4n) is 0.620. The summed E-state index contributed by atoms with van der Waals surface area (Å²) in [7, 11) is 0. The molecule has 0 saturated carbocycles. The van der Waals surface area contributed by atoms with Gasteiger partial charge in [-0.1, -0.05) is 24.8 Å². The van der Waals surface area contributed by atoms with Crippen molar-refractivity contribution in [1.82, 2.24) is 4.98 Å². The summed E-state index contributed by atoms with van der Waals surface area (Å²) in [5.41, 5.74) is 1.18. The molecule has 0 fully saturated rings. The molecule has 9 heavy (non-hydrogen) atoms. The first-order valence-corrected chi connectivity index (χ1v) is 2.85. The minimum atomic E-state index is 1.18. The molecule has 1 N–H and O–H groups in total. The van der Waals surface area contributed by atoms with Crippen LogP contribution < -0.4 is 0 Å². The summed E-state index contributed by atoms with van der Waals surface area (Å²) in [6, 6.07) is 2.00. The number of hydrogen-bond donors (Lipinski definition) is 1. The van der Waals surface area contributed by atoms with Crippen LogP contribution in [0.4, 0.5) is 0 Å². The van der Waals surface area contributed by atoms with E-state index in [0.29, 0.717) is 0 Å². The average Bonchev–Trinajstić information content (AvgIpc) is 2.34. The van der Waals surface area contributed by atoms with E-state index in [2.05, 4.69) is 11.6 Å². The first-order valence-electron chi connectivity index (χ1n) is 2.85. The van der Waals surface area contributed by atoms with Crippen LogP contribution in [-0.4, -0.2) is 4.98 Å². The van der Waals surface area contributed by atoms with Crippen LogP contribution in [0.3, 0.4) is 0 Å². The molecule has 0 saturated heterocycles. The van der Waals surface area contributed by atoms with Gasteiger partial charge in [-0.2, -0.15) is 0 Å². The summed E-state index contributed by atoms with van der Waals surface area (Å²) in [5, 5.41) is 0. The fraction of sp³-hybridized carbons (Fsp3) is 0. The number of hydrogen-bond acceptors (Lipinski definition) is 0. The Morgan fingerprint density at radius 2 is 2.44 bits per heavy atom. The van der Waals surface area contributed by atoms with Gasteiger partial charge in [-0.15, -0.1) is 0 Å². The molecule has 1 heteroatoms. The van der Waals surface area contributed by atoms with Crippen molar-refractivity contribution in [3.63, 3.8) is 0 Å². The highest BCUT2D eigenvalue weighted by molar-refractivity contribution is 5.49. The van der Waals surface area contributed by atoms with E-state index in [4.69, 9.17) is 0 Å². The molecule has 0 aromatic carbocycles. The van der Waals surface area contributed by atoms with E-state index in [-0.39, 0.29) is 0 Å². The third-order valence-electron chi connectivity index (χ3n) is 1.05. The third-order valence-corrected chi connectivity index (χ3v) is 1.05. The van der Waals surface area contributed by atoms with Crippen LogP contribution in [0, 0.1) is 0 Å². The topological polar surface area (TPSA) is 15.8 Å². The molecule has 1 aromatic rings. The summed E-state index contributed by atoms with van der Waals surface area (Å²) in [6.45, 7) is 3.56. The third kappa shape index (κ3) is 1.61. The standard InChI is InChI=1S/C8H9N/c1-2-3-4-8-5-6-9-7-8/h2-7,9H,1H2/b4-3+. The van der Waals surface area contributed by atoms with Gasteiger partial charge in [0.2, 0.25) is 0 Å². The van der Waals surface area contributed by atoms with Crippen LogP contribution in [0.2, 0.25) is 0 Å². The fourth-order valence-corrected chi connectivity index (χ4v) is 0.620. The van der Waals surface area contributed by atoms with Crippen molar-refractivity contribution in [2.45, 2.75) is 0 Å². The van der Waals surface area contributed by atoms with Crippen LogP contribution in [0.25, 0.3) is 6.08 Å². The van der Waals surface area contributed by atoms with Crippen molar-refractivity contribution in [3.05, 3.63) is 42.8 Å². The first-order chi connectivity index (χ1) is 4.43. The normalized spacial score (nSPS) is 10.2. The van der Waals surface area contributed by atoms with Crippen LogP contribution in [0.1, 0.15) is 5.56 Å². The van der Waals surface area contributed by atoms with Crippen LogP contribution in [0.5, 0.6) is 0 Å². The Balaban J connectivity index is 2.67. The molecular weight excluding hydrogens is 110 g/mol. The molecule has 46 valence electrons. The monoisotopic (exact) mass is 119 g/mol. The number of rotatable bonds is 2. The second-order valence-corrected chi connectivity index (χ2v) is 1.74. The average molecular weight is 119 g/mol. The van der Waals surface area contributed by atoms with Gasteiger partial charge in [0.15, 0.2) is 0 Å². The summed E-state index contributed by atoms with van der Waals surface area (Å²) in [5.74, 6) is 0. The van der Waals surface area contributed by atoms with Gasteiger partial charge < -0.3 is 4.98 Å². The zero-order valence-electron chi connectivity index (χ0n) is 5.17. The Kier molecular flexibility index (Phi) is 1.91. The minimum Gasteiger partial charge on any atom is -0.367 e. The lowest BCUT2D eigenvalue weighted by Crippen LogP contribution is -1.56. The maximum Gasteiger partial charge on any atom is 0.00781 e. The Bertz CT molecular complexity index is 194. The van der Waals surface area contributed by atoms with Gasteiger partial charge >= 0.3 is 0 Å². The summed E-state index contributed by atoms with van der Waals surface area (Å²) < 4.78 is 0. The predicted octanol–water partition coefficient (Wildman–Crippen LogP) is 2.21. The van der Waals surface area contributed by atoms with Crippen molar-refractivity contribution in [3.8, 4) is 0 Å². The molecule has 1 rings (SSSR count). The second-order valence-electron chi connectivity index (χ2n) is 1.74.